The molecule has 0 spiro atoms. The summed E-state index contributed by atoms with van der Waals surface area (Å²) in [6.45, 7) is 0. The number of nitrogens with one attached hydrogen (secondary N) is 3. The van der Waals surface area contributed by atoms with Gasteiger partial charge in [0.15, 0.2) is 5.69 Å². The largest absolute Gasteiger partial charge is 0.495 e. The van der Waals surface area contributed by atoms with E-state index < -0.39 is 21.5 Å². The van der Waals surface area contributed by atoms with E-state index in [2.05, 4.69) is 20.2 Å². The number of aromatic amines is 1. The molecule has 3 N–H and O–H groups in total. The zero-order chi connectivity index (χ0) is 24.5. The Morgan fingerprint density at radius 3 is 2.44 bits per heavy atom. The Balaban J connectivity index is 1.65. The number of anilines is 2. The summed E-state index contributed by atoms with van der Waals surface area (Å²) in [6, 6.07) is 14.8. The SMILES string of the molecule is COc1ccc(NC(=O)c2n[nH]c(=O)c3ccccc23)cc1NS(=O)(=O)c1ccc(Cl)c(Cl)c1. The van der Waals surface area contributed by atoms with Gasteiger partial charge < -0.3 is 10.1 Å². The van der Waals surface area contributed by atoms with Gasteiger partial charge in [0, 0.05) is 11.1 Å². The molecule has 12 heteroatoms. The first-order valence-electron chi connectivity index (χ1n) is 9.64. The Kier molecular flexibility index (Phi) is 6.47. The van der Waals surface area contributed by atoms with Gasteiger partial charge in [-0.25, -0.2) is 13.5 Å². The number of carbonyl (C=O) groups is 1. The molecule has 174 valence electrons. The zero-order valence-electron chi connectivity index (χ0n) is 17.4. The van der Waals surface area contributed by atoms with Gasteiger partial charge >= 0.3 is 0 Å². The smallest absolute Gasteiger partial charge is 0.276 e. The van der Waals surface area contributed by atoms with E-state index in [1.54, 1.807) is 24.3 Å². The molecule has 0 bridgehead atoms. The standard InChI is InChI=1S/C22H16Cl2N4O5S/c1-33-19-9-6-12(10-18(19)28-34(31,32)13-7-8-16(23)17(24)11-13)25-22(30)20-14-4-2-3-5-15(14)21(29)27-26-20/h2-11,28H,1H3,(H,25,30)(H,27,29). The summed E-state index contributed by atoms with van der Waals surface area (Å²) in [5, 5.41) is 9.80. The molecule has 0 fully saturated rings. The van der Waals surface area contributed by atoms with E-state index in [9.17, 15) is 18.0 Å². The van der Waals surface area contributed by atoms with Gasteiger partial charge in [0.25, 0.3) is 21.5 Å². The minimum absolute atomic E-state index is 0.00366. The predicted octanol–water partition coefficient (Wildman–Crippen LogP) is 4.29. The summed E-state index contributed by atoms with van der Waals surface area (Å²) >= 11 is 11.8. The number of carbonyl (C=O) groups excluding carboxylic acids is 1. The van der Waals surface area contributed by atoms with Gasteiger partial charge in [0.05, 0.1) is 33.1 Å². The number of fused-ring (bicyclic) bond motifs is 1. The van der Waals surface area contributed by atoms with E-state index in [0.29, 0.717) is 10.8 Å². The quantitative estimate of drug-likeness (QED) is 0.349. The van der Waals surface area contributed by atoms with Crippen molar-refractivity contribution in [1.29, 1.82) is 0 Å². The molecule has 4 rings (SSSR count). The Morgan fingerprint density at radius 2 is 1.74 bits per heavy atom. The maximum absolute atomic E-state index is 12.9. The molecule has 0 unspecified atom stereocenters. The molecule has 0 aliphatic rings. The van der Waals surface area contributed by atoms with Crippen molar-refractivity contribution in [2.24, 2.45) is 0 Å². The van der Waals surface area contributed by atoms with Crippen LogP contribution in [0.1, 0.15) is 10.5 Å². The lowest BCUT2D eigenvalue weighted by Crippen LogP contribution is -2.19. The van der Waals surface area contributed by atoms with E-state index in [-0.39, 0.29) is 37.8 Å². The summed E-state index contributed by atoms with van der Waals surface area (Å²) in [5.41, 5.74) is -0.0834. The summed E-state index contributed by atoms with van der Waals surface area (Å²) in [6.07, 6.45) is 0. The molecule has 4 aromatic rings. The minimum atomic E-state index is -4.05. The average molecular weight is 519 g/mol. The molecule has 3 aromatic carbocycles. The van der Waals surface area contributed by atoms with Crippen molar-refractivity contribution in [1.82, 2.24) is 10.2 Å². The number of halogens is 2. The van der Waals surface area contributed by atoms with Crippen molar-refractivity contribution in [2.45, 2.75) is 4.90 Å². The van der Waals surface area contributed by atoms with Crippen molar-refractivity contribution in [2.75, 3.05) is 17.1 Å². The van der Waals surface area contributed by atoms with Crippen LogP contribution < -0.4 is 20.3 Å². The van der Waals surface area contributed by atoms with Crippen molar-refractivity contribution in [3.63, 3.8) is 0 Å². The fourth-order valence-corrected chi connectivity index (χ4v) is 4.64. The van der Waals surface area contributed by atoms with Gasteiger partial charge in [-0.3, -0.25) is 14.3 Å². The van der Waals surface area contributed by atoms with Crippen LogP contribution in [0, 0.1) is 0 Å². The molecule has 1 aromatic heterocycles. The highest BCUT2D eigenvalue weighted by Crippen LogP contribution is 2.32. The third kappa shape index (κ3) is 4.69. The topological polar surface area (TPSA) is 130 Å². The Labute approximate surface area is 203 Å². The molecule has 34 heavy (non-hydrogen) atoms. The van der Waals surface area contributed by atoms with Gasteiger partial charge in [0.2, 0.25) is 0 Å². The monoisotopic (exact) mass is 518 g/mol. The van der Waals surface area contributed by atoms with Crippen molar-refractivity contribution in [3.8, 4) is 5.75 Å². The molecule has 9 nitrogen and oxygen atoms in total. The van der Waals surface area contributed by atoms with Crippen molar-refractivity contribution >= 4 is 61.3 Å². The second kappa shape index (κ2) is 9.34. The summed E-state index contributed by atoms with van der Waals surface area (Å²) in [4.78, 5) is 24.8. The van der Waals surface area contributed by atoms with Crippen LogP contribution in [0.5, 0.6) is 5.75 Å². The summed E-state index contributed by atoms with van der Waals surface area (Å²) in [5.74, 6) is -0.384. The highest BCUT2D eigenvalue weighted by atomic mass is 35.5. The van der Waals surface area contributed by atoms with Crippen LogP contribution in [0.2, 0.25) is 10.0 Å². The zero-order valence-corrected chi connectivity index (χ0v) is 19.8. The van der Waals surface area contributed by atoms with Gasteiger partial charge in [-0.05, 0) is 42.5 Å². The van der Waals surface area contributed by atoms with E-state index >= 15 is 0 Å². The summed E-state index contributed by atoms with van der Waals surface area (Å²) in [7, 11) is -2.68. The Morgan fingerprint density at radius 1 is 1.00 bits per heavy atom. The lowest BCUT2D eigenvalue weighted by atomic mass is 10.1. The van der Waals surface area contributed by atoms with Gasteiger partial charge in [-0.2, -0.15) is 5.10 Å². The molecule has 0 aliphatic heterocycles. The number of aromatic nitrogens is 2. The van der Waals surface area contributed by atoms with Crippen LogP contribution in [0.4, 0.5) is 11.4 Å². The fraction of sp³-hybridized carbons (Fsp3) is 0.0455. The third-order valence-corrected chi connectivity index (χ3v) is 6.92. The van der Waals surface area contributed by atoms with Crippen LogP contribution in [0.3, 0.4) is 0 Å². The highest BCUT2D eigenvalue weighted by Gasteiger charge is 2.20. The number of ether oxygens (including phenoxy) is 1. The van der Waals surface area contributed by atoms with E-state index in [4.69, 9.17) is 27.9 Å². The number of benzene rings is 3. The normalized spacial score (nSPS) is 11.3. The van der Waals surface area contributed by atoms with Gasteiger partial charge in [-0.1, -0.05) is 41.4 Å². The molecule has 0 saturated heterocycles. The predicted molar refractivity (Wildman–Crippen MR) is 131 cm³/mol. The second-order valence-corrected chi connectivity index (χ2v) is 9.49. The van der Waals surface area contributed by atoms with Crippen LogP contribution >= 0.6 is 23.2 Å². The summed E-state index contributed by atoms with van der Waals surface area (Å²) < 4.78 is 33.4. The maximum atomic E-state index is 12.9. The number of rotatable bonds is 6. The van der Waals surface area contributed by atoms with Crippen LogP contribution in [0.25, 0.3) is 10.8 Å². The average Bonchev–Trinajstić information content (AvgIpc) is 2.81. The molecular formula is C22H16Cl2N4O5S. The molecule has 0 saturated carbocycles. The third-order valence-electron chi connectivity index (χ3n) is 4.81. The molecule has 0 atom stereocenters. The molecule has 1 amide bonds. The van der Waals surface area contributed by atoms with Crippen LogP contribution in [-0.4, -0.2) is 31.6 Å². The highest BCUT2D eigenvalue weighted by molar-refractivity contribution is 7.92. The molecule has 1 heterocycles. The molecule has 0 radical (unpaired) electrons. The van der Waals surface area contributed by atoms with Gasteiger partial charge in [-0.15, -0.1) is 0 Å². The maximum Gasteiger partial charge on any atom is 0.276 e. The van der Waals surface area contributed by atoms with Crippen molar-refractivity contribution < 1.29 is 17.9 Å². The number of nitrogens with zero attached hydrogens (tertiary/aromatic N) is 1. The lowest BCUT2D eigenvalue weighted by Gasteiger charge is -2.14. The second-order valence-electron chi connectivity index (χ2n) is 7.00. The first-order chi connectivity index (χ1) is 16.2. The number of H-pyrrole nitrogens is 1. The van der Waals surface area contributed by atoms with Crippen LogP contribution in [0.15, 0.2) is 70.4 Å². The Bertz CT molecular complexity index is 1590. The number of sulfonamides is 1. The first kappa shape index (κ1) is 23.6. The number of hydrogen-bond acceptors (Lipinski definition) is 6. The number of hydrogen-bond donors (Lipinski definition) is 3. The minimum Gasteiger partial charge on any atom is -0.495 e. The number of methoxy groups -OCH3 is 1. The number of amides is 1. The molecule has 0 aliphatic carbocycles. The first-order valence-corrected chi connectivity index (χ1v) is 11.9. The van der Waals surface area contributed by atoms with Gasteiger partial charge in [0.1, 0.15) is 5.75 Å². The van der Waals surface area contributed by atoms with Crippen LogP contribution in [-0.2, 0) is 10.0 Å². The van der Waals surface area contributed by atoms with E-state index in [0.717, 1.165) is 0 Å². The lowest BCUT2D eigenvalue weighted by molar-refractivity contribution is 0.102. The molecular weight excluding hydrogens is 503 g/mol. The fourth-order valence-electron chi connectivity index (χ4n) is 3.19. The van der Waals surface area contributed by atoms with E-state index in [1.165, 1.54) is 43.5 Å². The Hall–Kier alpha value is -3.60. The van der Waals surface area contributed by atoms with E-state index in [1.807, 2.05) is 0 Å². The van der Waals surface area contributed by atoms with Crippen molar-refractivity contribution in [3.05, 3.63) is 86.8 Å².